The fraction of sp³-hybridized carbons (Fsp3) is 0.692. The van der Waals surface area contributed by atoms with E-state index in [0.717, 1.165) is 37.3 Å². The van der Waals surface area contributed by atoms with Crippen molar-refractivity contribution in [1.29, 1.82) is 0 Å². The third-order valence-electron chi connectivity index (χ3n) is 2.97. The molecule has 19 heavy (non-hydrogen) atoms. The van der Waals surface area contributed by atoms with Crippen LogP contribution in [0, 0.1) is 12.3 Å². The van der Waals surface area contributed by atoms with Crippen LogP contribution >= 0.6 is 11.3 Å². The molecule has 2 rings (SSSR count). The molecule has 1 fully saturated rings. The number of nitrogens with zero attached hydrogens (tertiary/aromatic N) is 2. The minimum absolute atomic E-state index is 0.244. The maximum atomic E-state index is 5.25. The van der Waals surface area contributed by atoms with Gasteiger partial charge in [0.15, 0.2) is 5.96 Å². The summed E-state index contributed by atoms with van der Waals surface area (Å²) >= 11 is 1.69. The molecule has 1 aliphatic heterocycles. The van der Waals surface area contributed by atoms with Crippen LogP contribution in [0.4, 0.5) is 0 Å². The molecule has 0 saturated carbocycles. The summed E-state index contributed by atoms with van der Waals surface area (Å²) in [7, 11) is 0. The maximum Gasteiger partial charge on any atom is 0.191 e. The van der Waals surface area contributed by atoms with E-state index in [4.69, 9.17) is 4.74 Å². The van der Waals surface area contributed by atoms with Crippen molar-refractivity contribution in [1.82, 2.24) is 15.6 Å². The number of aliphatic imine (C=N–C) groups is 1. The van der Waals surface area contributed by atoms with E-state index in [1.807, 2.05) is 6.20 Å². The van der Waals surface area contributed by atoms with Crippen molar-refractivity contribution in [3.8, 4) is 0 Å². The monoisotopic (exact) mass is 282 g/mol. The maximum absolute atomic E-state index is 5.25. The predicted octanol–water partition coefficient (Wildman–Crippen LogP) is 1.54. The first-order valence-electron chi connectivity index (χ1n) is 6.62. The Morgan fingerprint density at radius 3 is 2.84 bits per heavy atom. The van der Waals surface area contributed by atoms with Crippen molar-refractivity contribution in [2.45, 2.75) is 27.3 Å². The fourth-order valence-corrected chi connectivity index (χ4v) is 2.52. The van der Waals surface area contributed by atoms with Gasteiger partial charge in [0, 0.05) is 29.6 Å². The highest BCUT2D eigenvalue weighted by atomic mass is 32.1. The molecule has 106 valence electrons. The predicted molar refractivity (Wildman–Crippen MR) is 78.6 cm³/mol. The zero-order valence-electron chi connectivity index (χ0n) is 11.8. The Labute approximate surface area is 118 Å². The molecular formula is C13H22N4OS. The van der Waals surface area contributed by atoms with Gasteiger partial charge in [0.05, 0.1) is 19.8 Å². The third-order valence-corrected chi connectivity index (χ3v) is 3.87. The van der Waals surface area contributed by atoms with Gasteiger partial charge in [-0.15, -0.1) is 11.3 Å². The molecule has 0 aromatic carbocycles. The second-order valence-electron chi connectivity index (χ2n) is 5.22. The van der Waals surface area contributed by atoms with E-state index in [1.165, 1.54) is 4.88 Å². The average molecular weight is 282 g/mol. The van der Waals surface area contributed by atoms with Crippen LogP contribution < -0.4 is 10.6 Å². The number of ether oxygens (including phenoxy) is 1. The summed E-state index contributed by atoms with van der Waals surface area (Å²) in [4.78, 5) is 10.1. The highest BCUT2D eigenvalue weighted by Crippen LogP contribution is 2.24. The Hall–Kier alpha value is -1.14. The molecule has 0 bridgehead atoms. The highest BCUT2D eigenvalue weighted by molar-refractivity contribution is 7.11. The van der Waals surface area contributed by atoms with Crippen LogP contribution in [-0.2, 0) is 11.3 Å². The molecule has 2 N–H and O–H groups in total. The second-order valence-corrected chi connectivity index (χ2v) is 6.54. The van der Waals surface area contributed by atoms with Gasteiger partial charge >= 0.3 is 0 Å². The minimum atomic E-state index is 0.244. The Kier molecular flexibility index (Phi) is 4.76. The summed E-state index contributed by atoms with van der Waals surface area (Å²) in [6, 6.07) is 0. The van der Waals surface area contributed by atoms with Crippen molar-refractivity contribution in [2.75, 3.05) is 26.3 Å². The van der Waals surface area contributed by atoms with Crippen LogP contribution in [0.5, 0.6) is 0 Å². The lowest BCUT2D eigenvalue weighted by molar-refractivity contribution is -0.0971. The summed E-state index contributed by atoms with van der Waals surface area (Å²) in [6.45, 7) is 10.4. The van der Waals surface area contributed by atoms with Gasteiger partial charge in [0.25, 0.3) is 0 Å². The van der Waals surface area contributed by atoms with Crippen LogP contribution in [0.15, 0.2) is 11.2 Å². The molecule has 0 unspecified atom stereocenters. The molecule has 1 aromatic heterocycles. The number of hydrogen-bond donors (Lipinski definition) is 2. The van der Waals surface area contributed by atoms with Crippen LogP contribution in [0.25, 0.3) is 0 Å². The molecule has 1 saturated heterocycles. The standard InChI is InChI=1S/C13H22N4OS/c1-4-14-12(17-7-13(3)8-18-9-13)16-6-11-15-5-10(2)19-11/h5H,4,6-9H2,1-3H3,(H2,14,16,17). The van der Waals surface area contributed by atoms with Crippen molar-refractivity contribution in [3.05, 3.63) is 16.1 Å². The van der Waals surface area contributed by atoms with Gasteiger partial charge in [0.1, 0.15) is 5.01 Å². The third kappa shape index (κ3) is 4.18. The van der Waals surface area contributed by atoms with Crippen LogP contribution in [-0.4, -0.2) is 37.2 Å². The molecule has 1 aromatic rings. The summed E-state index contributed by atoms with van der Waals surface area (Å²) in [5.74, 6) is 0.850. The average Bonchev–Trinajstić information content (AvgIpc) is 2.76. The molecule has 5 nitrogen and oxygen atoms in total. The smallest absolute Gasteiger partial charge is 0.191 e. The van der Waals surface area contributed by atoms with Gasteiger partial charge in [-0.1, -0.05) is 6.92 Å². The van der Waals surface area contributed by atoms with E-state index in [2.05, 4.69) is 41.4 Å². The van der Waals surface area contributed by atoms with Crippen LogP contribution in [0.2, 0.25) is 0 Å². The minimum Gasteiger partial charge on any atom is -0.380 e. The lowest BCUT2D eigenvalue weighted by Crippen LogP contribution is -2.51. The topological polar surface area (TPSA) is 58.5 Å². The number of aryl methyl sites for hydroxylation is 1. The summed E-state index contributed by atoms with van der Waals surface area (Å²) in [5.41, 5.74) is 0.244. The van der Waals surface area contributed by atoms with Crippen molar-refractivity contribution >= 4 is 17.3 Å². The largest absolute Gasteiger partial charge is 0.380 e. The summed E-state index contributed by atoms with van der Waals surface area (Å²) in [6.07, 6.45) is 1.89. The van der Waals surface area contributed by atoms with E-state index in [1.54, 1.807) is 11.3 Å². The van der Waals surface area contributed by atoms with E-state index in [0.29, 0.717) is 6.54 Å². The lowest BCUT2D eigenvalue weighted by Gasteiger charge is -2.38. The number of hydrogen-bond acceptors (Lipinski definition) is 4. The summed E-state index contributed by atoms with van der Waals surface area (Å²) < 4.78 is 5.25. The number of guanidine groups is 1. The zero-order chi connectivity index (χ0) is 13.7. The zero-order valence-corrected chi connectivity index (χ0v) is 12.6. The van der Waals surface area contributed by atoms with Gasteiger partial charge in [-0.25, -0.2) is 9.98 Å². The van der Waals surface area contributed by atoms with Gasteiger partial charge < -0.3 is 15.4 Å². The first-order valence-corrected chi connectivity index (χ1v) is 7.44. The molecule has 0 amide bonds. The molecule has 6 heteroatoms. The summed E-state index contributed by atoms with van der Waals surface area (Å²) in [5, 5.41) is 7.68. The molecular weight excluding hydrogens is 260 g/mol. The van der Waals surface area contributed by atoms with Gasteiger partial charge in [-0.05, 0) is 13.8 Å². The van der Waals surface area contributed by atoms with E-state index < -0.39 is 0 Å². The second kappa shape index (κ2) is 6.34. The first kappa shape index (κ1) is 14.3. The molecule has 0 radical (unpaired) electrons. The number of rotatable bonds is 5. The van der Waals surface area contributed by atoms with Gasteiger partial charge in [0.2, 0.25) is 0 Å². The molecule has 1 aliphatic rings. The molecule has 0 atom stereocenters. The first-order chi connectivity index (χ1) is 9.11. The highest BCUT2D eigenvalue weighted by Gasteiger charge is 2.33. The molecule has 0 aliphatic carbocycles. The Morgan fingerprint density at radius 2 is 2.32 bits per heavy atom. The van der Waals surface area contributed by atoms with E-state index in [9.17, 15) is 0 Å². The Balaban J connectivity index is 1.87. The molecule has 0 spiro atoms. The fourth-order valence-electron chi connectivity index (χ4n) is 1.81. The molecule has 2 heterocycles. The van der Waals surface area contributed by atoms with Crippen molar-refractivity contribution < 1.29 is 4.74 Å². The van der Waals surface area contributed by atoms with Crippen LogP contribution in [0.1, 0.15) is 23.7 Å². The number of nitrogens with one attached hydrogen (secondary N) is 2. The van der Waals surface area contributed by atoms with E-state index >= 15 is 0 Å². The van der Waals surface area contributed by atoms with Crippen molar-refractivity contribution in [2.24, 2.45) is 10.4 Å². The van der Waals surface area contributed by atoms with E-state index in [-0.39, 0.29) is 5.41 Å². The Morgan fingerprint density at radius 1 is 1.53 bits per heavy atom. The number of thiazole rings is 1. The SMILES string of the molecule is CCNC(=NCc1ncc(C)s1)NCC1(C)COC1. The quantitative estimate of drug-likeness (QED) is 0.635. The van der Waals surface area contributed by atoms with Gasteiger partial charge in [-0.3, -0.25) is 0 Å². The van der Waals surface area contributed by atoms with Crippen LogP contribution in [0.3, 0.4) is 0 Å². The van der Waals surface area contributed by atoms with Crippen molar-refractivity contribution in [3.63, 3.8) is 0 Å². The Bertz CT molecular complexity index is 440. The van der Waals surface area contributed by atoms with Gasteiger partial charge in [-0.2, -0.15) is 0 Å². The number of aromatic nitrogens is 1. The lowest BCUT2D eigenvalue weighted by atomic mass is 9.89. The normalized spacial score (nSPS) is 17.9.